The molecule has 0 unspecified atom stereocenters. The predicted octanol–water partition coefficient (Wildman–Crippen LogP) is 1.91. The third-order valence-electron chi connectivity index (χ3n) is 2.30. The molecular formula is C11H9N3O. The van der Waals surface area contributed by atoms with Crippen molar-refractivity contribution in [1.29, 1.82) is 0 Å². The highest BCUT2D eigenvalue weighted by Crippen LogP contribution is 2.09. The Morgan fingerprint density at radius 2 is 2.13 bits per heavy atom. The fourth-order valence-corrected chi connectivity index (χ4v) is 1.58. The van der Waals surface area contributed by atoms with E-state index >= 15 is 0 Å². The number of hydrogen-bond donors (Lipinski definition) is 0. The zero-order valence-electron chi connectivity index (χ0n) is 8.00. The van der Waals surface area contributed by atoms with Crippen molar-refractivity contribution in [1.82, 2.24) is 14.6 Å². The number of rotatable bonds is 2. The van der Waals surface area contributed by atoms with Crippen molar-refractivity contribution in [3.05, 3.63) is 54.4 Å². The lowest BCUT2D eigenvalue weighted by molar-refractivity contribution is 0.516. The Labute approximate surface area is 86.2 Å². The molecule has 0 aliphatic carbocycles. The van der Waals surface area contributed by atoms with Crippen molar-refractivity contribution in [2.24, 2.45) is 0 Å². The molecule has 0 amide bonds. The molecule has 0 fully saturated rings. The fourth-order valence-electron chi connectivity index (χ4n) is 1.58. The molecule has 0 radical (unpaired) electrons. The molecule has 0 spiro atoms. The van der Waals surface area contributed by atoms with Crippen LogP contribution in [0.25, 0.3) is 5.65 Å². The molecule has 3 rings (SSSR count). The second-order valence-electron chi connectivity index (χ2n) is 3.30. The molecule has 15 heavy (non-hydrogen) atoms. The van der Waals surface area contributed by atoms with E-state index in [0.29, 0.717) is 6.42 Å². The first kappa shape index (κ1) is 8.23. The first-order valence-electron chi connectivity index (χ1n) is 4.74. The van der Waals surface area contributed by atoms with Gasteiger partial charge in [0.15, 0.2) is 5.65 Å². The molecule has 3 heterocycles. The second kappa shape index (κ2) is 3.24. The van der Waals surface area contributed by atoms with Crippen LogP contribution < -0.4 is 0 Å². The summed E-state index contributed by atoms with van der Waals surface area (Å²) in [5.74, 6) is 1.79. The summed E-state index contributed by atoms with van der Waals surface area (Å²) in [6.45, 7) is 0. The number of hydrogen-bond acceptors (Lipinski definition) is 3. The standard InChI is InChI=1S/C11H9N3O/c1-2-6-14-10(5-1)12-13-11(14)8-9-4-3-7-15-9/h1-7H,8H2. The largest absolute Gasteiger partial charge is 0.469 e. The topological polar surface area (TPSA) is 43.3 Å². The summed E-state index contributed by atoms with van der Waals surface area (Å²) in [5, 5.41) is 8.19. The average Bonchev–Trinajstić information content (AvgIpc) is 2.89. The first-order valence-corrected chi connectivity index (χ1v) is 4.74. The third kappa shape index (κ3) is 1.40. The molecule has 74 valence electrons. The lowest BCUT2D eigenvalue weighted by Gasteiger charge is -1.96. The van der Waals surface area contributed by atoms with Crippen LogP contribution in [0.5, 0.6) is 0 Å². The molecule has 0 saturated carbocycles. The van der Waals surface area contributed by atoms with Gasteiger partial charge in [-0.3, -0.25) is 4.40 Å². The van der Waals surface area contributed by atoms with Gasteiger partial charge in [0.05, 0.1) is 12.7 Å². The quantitative estimate of drug-likeness (QED) is 0.633. The Morgan fingerprint density at radius 1 is 1.13 bits per heavy atom. The maximum atomic E-state index is 5.27. The van der Waals surface area contributed by atoms with E-state index in [9.17, 15) is 0 Å². The van der Waals surface area contributed by atoms with Crippen molar-refractivity contribution in [3.63, 3.8) is 0 Å². The summed E-state index contributed by atoms with van der Waals surface area (Å²) in [6.07, 6.45) is 4.28. The van der Waals surface area contributed by atoms with Crippen LogP contribution >= 0.6 is 0 Å². The van der Waals surface area contributed by atoms with Gasteiger partial charge in [0, 0.05) is 6.20 Å². The molecule has 3 aromatic heterocycles. The first-order chi connectivity index (χ1) is 7.43. The number of aromatic nitrogens is 3. The number of pyridine rings is 1. The number of fused-ring (bicyclic) bond motifs is 1. The summed E-state index contributed by atoms with van der Waals surface area (Å²) in [7, 11) is 0. The average molecular weight is 199 g/mol. The maximum absolute atomic E-state index is 5.27. The smallest absolute Gasteiger partial charge is 0.160 e. The van der Waals surface area contributed by atoms with Crippen molar-refractivity contribution < 1.29 is 4.42 Å². The van der Waals surface area contributed by atoms with Gasteiger partial charge in [-0.25, -0.2) is 0 Å². The predicted molar refractivity (Wildman–Crippen MR) is 54.5 cm³/mol. The summed E-state index contributed by atoms with van der Waals surface area (Å²) >= 11 is 0. The minimum absolute atomic E-state index is 0.665. The van der Waals surface area contributed by atoms with Gasteiger partial charge in [0.1, 0.15) is 11.6 Å². The summed E-state index contributed by atoms with van der Waals surface area (Å²) < 4.78 is 7.24. The number of furan rings is 1. The molecule has 0 bridgehead atoms. The highest BCUT2D eigenvalue weighted by atomic mass is 16.3. The van der Waals surface area contributed by atoms with E-state index < -0.39 is 0 Å². The molecule has 0 aliphatic rings. The van der Waals surface area contributed by atoms with Crippen LogP contribution in [0.2, 0.25) is 0 Å². The SMILES string of the molecule is c1coc(Cc2nnc3ccccn23)c1. The van der Waals surface area contributed by atoms with Gasteiger partial charge >= 0.3 is 0 Å². The van der Waals surface area contributed by atoms with Crippen molar-refractivity contribution >= 4 is 5.65 Å². The molecule has 0 aromatic carbocycles. The Kier molecular flexibility index (Phi) is 1.78. The van der Waals surface area contributed by atoms with Crippen LogP contribution in [-0.4, -0.2) is 14.6 Å². The van der Waals surface area contributed by atoms with Gasteiger partial charge in [-0.1, -0.05) is 6.07 Å². The Morgan fingerprint density at radius 3 is 3.00 bits per heavy atom. The fraction of sp³-hybridized carbons (Fsp3) is 0.0909. The van der Waals surface area contributed by atoms with E-state index in [4.69, 9.17) is 4.42 Å². The molecule has 0 atom stereocenters. The van der Waals surface area contributed by atoms with Crippen molar-refractivity contribution in [3.8, 4) is 0 Å². The molecule has 0 N–H and O–H groups in total. The van der Waals surface area contributed by atoms with Gasteiger partial charge in [-0.05, 0) is 24.3 Å². The normalized spacial score (nSPS) is 10.9. The number of nitrogens with zero attached hydrogens (tertiary/aromatic N) is 3. The van der Waals surface area contributed by atoms with Crippen LogP contribution in [0.15, 0.2) is 47.2 Å². The molecule has 3 aromatic rings. The Balaban J connectivity index is 2.05. The molecule has 4 heteroatoms. The summed E-state index contributed by atoms with van der Waals surface area (Å²) in [4.78, 5) is 0. The van der Waals surface area contributed by atoms with Gasteiger partial charge in [-0.15, -0.1) is 10.2 Å². The monoisotopic (exact) mass is 199 g/mol. The summed E-state index contributed by atoms with van der Waals surface area (Å²) in [6, 6.07) is 9.64. The summed E-state index contributed by atoms with van der Waals surface area (Å²) in [5.41, 5.74) is 0.860. The second-order valence-corrected chi connectivity index (χ2v) is 3.30. The van der Waals surface area contributed by atoms with Crippen LogP contribution in [0, 0.1) is 0 Å². The zero-order valence-corrected chi connectivity index (χ0v) is 8.00. The van der Waals surface area contributed by atoms with Crippen LogP contribution in [0.3, 0.4) is 0 Å². The lowest BCUT2D eigenvalue weighted by atomic mass is 10.3. The molecular weight excluding hydrogens is 190 g/mol. The van der Waals surface area contributed by atoms with Gasteiger partial charge in [0.25, 0.3) is 0 Å². The van der Waals surface area contributed by atoms with Crippen LogP contribution in [-0.2, 0) is 6.42 Å². The van der Waals surface area contributed by atoms with Crippen LogP contribution in [0.4, 0.5) is 0 Å². The van der Waals surface area contributed by atoms with E-state index in [1.165, 1.54) is 0 Å². The highest BCUT2D eigenvalue weighted by molar-refractivity contribution is 5.37. The van der Waals surface area contributed by atoms with E-state index in [1.807, 2.05) is 40.9 Å². The molecule has 4 nitrogen and oxygen atoms in total. The van der Waals surface area contributed by atoms with Gasteiger partial charge < -0.3 is 4.42 Å². The van der Waals surface area contributed by atoms with Gasteiger partial charge in [0.2, 0.25) is 0 Å². The van der Waals surface area contributed by atoms with Crippen LogP contribution in [0.1, 0.15) is 11.6 Å². The Hall–Kier alpha value is -2.10. The minimum atomic E-state index is 0.665. The van der Waals surface area contributed by atoms with E-state index in [2.05, 4.69) is 10.2 Å². The third-order valence-corrected chi connectivity index (χ3v) is 2.30. The maximum Gasteiger partial charge on any atom is 0.160 e. The molecule has 0 aliphatic heterocycles. The van der Waals surface area contributed by atoms with Crippen molar-refractivity contribution in [2.75, 3.05) is 0 Å². The van der Waals surface area contributed by atoms with Gasteiger partial charge in [-0.2, -0.15) is 0 Å². The van der Waals surface area contributed by atoms with E-state index in [-0.39, 0.29) is 0 Å². The highest BCUT2D eigenvalue weighted by Gasteiger charge is 2.06. The van der Waals surface area contributed by atoms with Crippen molar-refractivity contribution in [2.45, 2.75) is 6.42 Å². The minimum Gasteiger partial charge on any atom is -0.469 e. The van der Waals surface area contributed by atoms with E-state index in [1.54, 1.807) is 6.26 Å². The molecule has 0 saturated heterocycles. The zero-order chi connectivity index (χ0) is 10.1. The lowest BCUT2D eigenvalue weighted by Crippen LogP contribution is -1.94. The Bertz CT molecular complexity index is 568. The van der Waals surface area contributed by atoms with E-state index in [0.717, 1.165) is 17.2 Å².